The molecule has 52 heavy (non-hydrogen) atoms. The Labute approximate surface area is 306 Å². The molecule has 3 atom stereocenters. The molecule has 0 spiro atoms. The van der Waals surface area contributed by atoms with E-state index in [1.165, 1.54) is 11.1 Å². The minimum absolute atomic E-state index is 0.00563. The SMILES string of the molecule is O=C(NCc1cccc(-c2ccc([C@@H]3O[C@H](CN(Cc4ccccc4)Cc4ccccc4)C[C@H](c4ccc(CO)cc4)O3)cc2)c1)c1ccccc1. The Bertz CT molecular complexity index is 1960. The van der Waals surface area contributed by atoms with Gasteiger partial charge in [-0.2, -0.15) is 0 Å². The molecule has 0 aromatic heterocycles. The predicted octanol–water partition coefficient (Wildman–Crippen LogP) is 9.02. The summed E-state index contributed by atoms with van der Waals surface area (Å²) < 4.78 is 13.5. The Kier molecular flexibility index (Phi) is 11.6. The van der Waals surface area contributed by atoms with Crippen LogP contribution in [0.1, 0.15) is 62.6 Å². The lowest BCUT2D eigenvalue weighted by atomic mass is 9.98. The van der Waals surface area contributed by atoms with Crippen LogP contribution in [0.3, 0.4) is 0 Å². The molecule has 1 aliphatic heterocycles. The van der Waals surface area contributed by atoms with Gasteiger partial charge in [-0.05, 0) is 57.1 Å². The maximum Gasteiger partial charge on any atom is 0.251 e. The van der Waals surface area contributed by atoms with Crippen LogP contribution < -0.4 is 5.32 Å². The Morgan fingerprint density at radius 2 is 1.21 bits per heavy atom. The van der Waals surface area contributed by atoms with Crippen molar-refractivity contribution in [1.29, 1.82) is 0 Å². The van der Waals surface area contributed by atoms with Gasteiger partial charge in [0.25, 0.3) is 5.91 Å². The van der Waals surface area contributed by atoms with Crippen LogP contribution in [0.5, 0.6) is 0 Å². The number of nitrogens with zero attached hydrogens (tertiary/aromatic N) is 1. The summed E-state index contributed by atoms with van der Waals surface area (Å²) in [6.45, 7) is 2.80. The topological polar surface area (TPSA) is 71.0 Å². The Balaban J connectivity index is 1.09. The lowest BCUT2D eigenvalue weighted by Gasteiger charge is -2.38. The number of hydrogen-bond donors (Lipinski definition) is 2. The predicted molar refractivity (Wildman–Crippen MR) is 205 cm³/mol. The molecule has 6 aromatic rings. The number of aliphatic hydroxyl groups excluding tert-OH is 1. The highest BCUT2D eigenvalue weighted by molar-refractivity contribution is 5.94. The van der Waals surface area contributed by atoms with E-state index in [9.17, 15) is 9.90 Å². The zero-order chi connectivity index (χ0) is 35.5. The number of carbonyl (C=O) groups is 1. The molecule has 1 saturated heterocycles. The highest BCUT2D eigenvalue weighted by atomic mass is 16.7. The van der Waals surface area contributed by atoms with E-state index in [4.69, 9.17) is 9.47 Å². The molecular formula is C46H44N2O4. The number of aliphatic hydroxyl groups is 1. The molecule has 6 aromatic carbocycles. The van der Waals surface area contributed by atoms with Crippen molar-refractivity contribution in [2.75, 3.05) is 6.54 Å². The van der Waals surface area contributed by atoms with E-state index in [1.54, 1.807) is 0 Å². The Morgan fingerprint density at radius 1 is 0.615 bits per heavy atom. The monoisotopic (exact) mass is 688 g/mol. The van der Waals surface area contributed by atoms with E-state index >= 15 is 0 Å². The number of hydrogen-bond acceptors (Lipinski definition) is 5. The van der Waals surface area contributed by atoms with Gasteiger partial charge in [-0.25, -0.2) is 0 Å². The van der Waals surface area contributed by atoms with Crippen molar-refractivity contribution in [1.82, 2.24) is 10.2 Å². The summed E-state index contributed by atoms with van der Waals surface area (Å²) in [5.74, 6) is -0.0907. The van der Waals surface area contributed by atoms with Crippen molar-refractivity contribution in [3.63, 3.8) is 0 Å². The minimum Gasteiger partial charge on any atom is -0.392 e. The highest BCUT2D eigenvalue weighted by Crippen LogP contribution is 2.39. The first-order valence-electron chi connectivity index (χ1n) is 17.9. The lowest BCUT2D eigenvalue weighted by Crippen LogP contribution is -2.39. The van der Waals surface area contributed by atoms with Gasteiger partial charge in [-0.15, -0.1) is 0 Å². The van der Waals surface area contributed by atoms with Crippen LogP contribution in [-0.4, -0.2) is 28.6 Å². The number of ether oxygens (including phenoxy) is 2. The molecule has 1 amide bonds. The summed E-state index contributed by atoms with van der Waals surface area (Å²) >= 11 is 0. The first kappa shape index (κ1) is 35.1. The van der Waals surface area contributed by atoms with Crippen molar-refractivity contribution >= 4 is 5.91 Å². The van der Waals surface area contributed by atoms with E-state index in [-0.39, 0.29) is 24.7 Å². The van der Waals surface area contributed by atoms with Gasteiger partial charge >= 0.3 is 0 Å². The standard InChI is InChI=1S/C46H44N2O4/c49-33-36-19-21-39(22-20-36)44-28-43(32-48(30-34-11-4-1-5-12-34)31-35-13-6-2-7-14-35)51-46(52-44)41-25-23-38(24-26-41)42-18-10-15-37(27-42)29-47-45(50)40-16-8-3-9-17-40/h1-27,43-44,46,49H,28-33H2,(H,47,50)/t43-,44+,46+/m0/s1. The average molecular weight is 689 g/mol. The van der Waals surface area contributed by atoms with Crippen LogP contribution in [0, 0.1) is 0 Å². The highest BCUT2D eigenvalue weighted by Gasteiger charge is 2.33. The number of rotatable bonds is 13. The number of carbonyl (C=O) groups excluding carboxylic acids is 1. The molecule has 0 aliphatic carbocycles. The summed E-state index contributed by atoms with van der Waals surface area (Å²) in [6, 6.07) is 55.1. The third-order valence-corrected chi connectivity index (χ3v) is 9.51. The second kappa shape index (κ2) is 17.2. The fraction of sp³-hybridized carbons (Fsp3) is 0.196. The fourth-order valence-corrected chi connectivity index (χ4v) is 6.76. The number of benzene rings is 6. The first-order valence-corrected chi connectivity index (χ1v) is 17.9. The molecular weight excluding hydrogens is 645 g/mol. The average Bonchev–Trinajstić information content (AvgIpc) is 3.21. The molecule has 0 unspecified atom stereocenters. The molecule has 0 radical (unpaired) electrons. The van der Waals surface area contributed by atoms with E-state index in [0.717, 1.165) is 53.0 Å². The zero-order valence-electron chi connectivity index (χ0n) is 29.2. The largest absolute Gasteiger partial charge is 0.392 e. The third-order valence-electron chi connectivity index (χ3n) is 9.51. The molecule has 2 N–H and O–H groups in total. The molecule has 0 bridgehead atoms. The fourth-order valence-electron chi connectivity index (χ4n) is 6.76. The first-order chi connectivity index (χ1) is 25.6. The van der Waals surface area contributed by atoms with Crippen molar-refractivity contribution in [2.45, 2.75) is 51.2 Å². The van der Waals surface area contributed by atoms with Gasteiger partial charge in [0.2, 0.25) is 0 Å². The van der Waals surface area contributed by atoms with Crippen molar-refractivity contribution in [3.05, 3.63) is 203 Å². The van der Waals surface area contributed by atoms with E-state index in [0.29, 0.717) is 18.5 Å². The second-order valence-electron chi connectivity index (χ2n) is 13.4. The van der Waals surface area contributed by atoms with Gasteiger partial charge in [-0.3, -0.25) is 9.69 Å². The summed E-state index contributed by atoms with van der Waals surface area (Å²) in [4.78, 5) is 15.1. The molecule has 1 fully saturated rings. The van der Waals surface area contributed by atoms with Gasteiger partial charge < -0.3 is 19.9 Å². The Hall–Kier alpha value is -5.37. The number of nitrogens with one attached hydrogen (secondary N) is 1. The van der Waals surface area contributed by atoms with Gasteiger partial charge in [0.05, 0.1) is 18.8 Å². The van der Waals surface area contributed by atoms with Gasteiger partial charge in [0.1, 0.15) is 0 Å². The maximum absolute atomic E-state index is 12.6. The van der Waals surface area contributed by atoms with Crippen LogP contribution in [-0.2, 0) is 35.7 Å². The van der Waals surface area contributed by atoms with E-state index in [1.807, 2.05) is 54.6 Å². The smallest absolute Gasteiger partial charge is 0.251 e. The minimum atomic E-state index is -0.551. The van der Waals surface area contributed by atoms with Crippen LogP contribution in [0.2, 0.25) is 0 Å². The van der Waals surface area contributed by atoms with Crippen molar-refractivity contribution < 1.29 is 19.4 Å². The summed E-state index contributed by atoms with van der Waals surface area (Å²) in [5, 5.41) is 12.7. The summed E-state index contributed by atoms with van der Waals surface area (Å²) in [7, 11) is 0. The summed E-state index contributed by atoms with van der Waals surface area (Å²) in [5.41, 5.74) is 9.23. The van der Waals surface area contributed by atoms with Crippen molar-refractivity contribution in [3.8, 4) is 11.1 Å². The quantitative estimate of drug-likeness (QED) is 0.127. The number of amides is 1. The third kappa shape index (κ3) is 9.29. The molecule has 6 heteroatoms. The molecule has 0 saturated carbocycles. The molecule has 262 valence electrons. The van der Waals surface area contributed by atoms with E-state index < -0.39 is 6.29 Å². The molecule has 1 heterocycles. The lowest BCUT2D eigenvalue weighted by molar-refractivity contribution is -0.253. The Morgan fingerprint density at radius 3 is 1.85 bits per heavy atom. The van der Waals surface area contributed by atoms with Crippen molar-refractivity contribution in [2.24, 2.45) is 0 Å². The van der Waals surface area contributed by atoms with Gasteiger partial charge in [0, 0.05) is 43.7 Å². The van der Waals surface area contributed by atoms with Gasteiger partial charge in [-0.1, -0.05) is 146 Å². The van der Waals surface area contributed by atoms with Crippen LogP contribution in [0.25, 0.3) is 11.1 Å². The van der Waals surface area contributed by atoms with Gasteiger partial charge in [0.15, 0.2) is 6.29 Å². The van der Waals surface area contributed by atoms with Crippen LogP contribution >= 0.6 is 0 Å². The molecule has 1 aliphatic rings. The normalized spacial score (nSPS) is 17.2. The second-order valence-corrected chi connectivity index (χ2v) is 13.4. The van der Waals surface area contributed by atoms with E-state index in [2.05, 4.69) is 119 Å². The maximum atomic E-state index is 12.6. The molecule has 7 rings (SSSR count). The summed E-state index contributed by atoms with van der Waals surface area (Å²) in [6.07, 6.45) is -0.101. The molecule has 6 nitrogen and oxygen atoms in total. The zero-order valence-corrected chi connectivity index (χ0v) is 29.2. The van der Waals surface area contributed by atoms with Crippen LogP contribution in [0.15, 0.2) is 164 Å². The van der Waals surface area contributed by atoms with Crippen LogP contribution in [0.4, 0.5) is 0 Å².